The molecule has 3 aromatic rings. The van der Waals surface area contributed by atoms with E-state index in [0.29, 0.717) is 28.3 Å². The van der Waals surface area contributed by atoms with Gasteiger partial charge in [-0.2, -0.15) is 4.98 Å². The van der Waals surface area contributed by atoms with Crippen molar-refractivity contribution >= 4 is 45.7 Å². The van der Waals surface area contributed by atoms with Gasteiger partial charge in [0, 0.05) is 31.0 Å². The Kier molecular flexibility index (Phi) is 7.17. The molecule has 4 rings (SSSR count). The summed E-state index contributed by atoms with van der Waals surface area (Å²) in [6.45, 7) is 8.80. The molecule has 1 fully saturated rings. The Morgan fingerprint density at radius 2 is 2.00 bits per heavy atom. The van der Waals surface area contributed by atoms with Crippen LogP contribution in [0.25, 0.3) is 0 Å². The Morgan fingerprint density at radius 3 is 2.76 bits per heavy atom. The van der Waals surface area contributed by atoms with Crippen LogP contribution in [-0.4, -0.2) is 50.8 Å². The number of aryl methyl sites for hydroxylation is 2. The van der Waals surface area contributed by atoms with Crippen molar-refractivity contribution in [1.29, 1.82) is 0 Å². The fourth-order valence-electron chi connectivity index (χ4n) is 3.84. The number of anilines is 4. The number of nitrogens with one attached hydrogen (secondary N) is 3. The molecule has 0 unspecified atom stereocenters. The molecule has 0 bridgehead atoms. The van der Waals surface area contributed by atoms with E-state index >= 15 is 0 Å². The standard InChI is InChI=1S/C24H27N7O2S/c1-4-20(32)31-12-6-9-17(14-31)27-23-25-11-10-19(28-23)29-24-26-13-18(34-24)22(33)30-21-15(2)7-5-8-16(21)3/h4-5,7-8,10-11,13,17H,1,6,9,12,14H2,2-3H3,(H,30,33)(H2,25,26,27,28,29)/t17-/m0/s1. The second-order valence-corrected chi connectivity index (χ2v) is 9.14. The summed E-state index contributed by atoms with van der Waals surface area (Å²) in [6, 6.07) is 7.69. The van der Waals surface area contributed by atoms with Gasteiger partial charge in [0.05, 0.1) is 6.20 Å². The molecule has 1 saturated heterocycles. The van der Waals surface area contributed by atoms with Crippen LogP contribution in [0, 0.1) is 13.8 Å². The van der Waals surface area contributed by atoms with Crippen LogP contribution in [0.15, 0.2) is 49.3 Å². The first kappa shape index (κ1) is 23.4. The maximum absolute atomic E-state index is 12.7. The van der Waals surface area contributed by atoms with Crippen molar-refractivity contribution in [3.8, 4) is 0 Å². The first-order chi connectivity index (χ1) is 16.4. The molecule has 176 valence electrons. The molecule has 1 atom stereocenters. The highest BCUT2D eigenvalue weighted by Crippen LogP contribution is 2.25. The number of piperidine rings is 1. The van der Waals surface area contributed by atoms with Crippen LogP contribution in [0.3, 0.4) is 0 Å². The van der Waals surface area contributed by atoms with Crippen molar-refractivity contribution in [3.05, 3.63) is 65.3 Å². The minimum atomic E-state index is -0.205. The summed E-state index contributed by atoms with van der Waals surface area (Å²) in [7, 11) is 0. The first-order valence-corrected chi connectivity index (χ1v) is 11.9. The highest BCUT2D eigenvalue weighted by molar-refractivity contribution is 7.17. The number of nitrogens with zero attached hydrogens (tertiary/aromatic N) is 4. The molecule has 34 heavy (non-hydrogen) atoms. The highest BCUT2D eigenvalue weighted by atomic mass is 32.1. The molecule has 9 nitrogen and oxygen atoms in total. The van der Waals surface area contributed by atoms with Gasteiger partial charge in [-0.15, -0.1) is 0 Å². The molecular weight excluding hydrogens is 450 g/mol. The minimum absolute atomic E-state index is 0.0629. The third kappa shape index (κ3) is 5.57. The van der Waals surface area contributed by atoms with E-state index < -0.39 is 0 Å². The largest absolute Gasteiger partial charge is 0.350 e. The SMILES string of the molecule is C=CC(=O)N1CCC[C@H](Nc2nccc(Nc3ncc(C(=O)Nc4c(C)cccc4C)s3)n2)C1. The van der Waals surface area contributed by atoms with E-state index in [9.17, 15) is 9.59 Å². The number of amides is 2. The van der Waals surface area contributed by atoms with Gasteiger partial charge in [-0.05, 0) is 50.0 Å². The Balaban J connectivity index is 1.38. The van der Waals surface area contributed by atoms with Gasteiger partial charge in [-0.1, -0.05) is 36.1 Å². The molecule has 2 amide bonds. The molecule has 0 radical (unpaired) electrons. The number of carbonyl (C=O) groups is 2. The molecule has 0 aliphatic carbocycles. The lowest BCUT2D eigenvalue weighted by Crippen LogP contribution is -2.44. The quantitative estimate of drug-likeness (QED) is 0.439. The molecule has 10 heteroatoms. The average Bonchev–Trinajstić information content (AvgIpc) is 3.30. The van der Waals surface area contributed by atoms with Gasteiger partial charge >= 0.3 is 0 Å². The summed E-state index contributed by atoms with van der Waals surface area (Å²) in [6.07, 6.45) is 6.36. The lowest BCUT2D eigenvalue weighted by atomic mass is 10.1. The molecule has 0 saturated carbocycles. The summed E-state index contributed by atoms with van der Waals surface area (Å²) >= 11 is 1.25. The zero-order valence-corrected chi connectivity index (χ0v) is 20.0. The van der Waals surface area contributed by atoms with Gasteiger partial charge in [-0.25, -0.2) is 9.97 Å². The van der Waals surface area contributed by atoms with Crippen molar-refractivity contribution in [2.24, 2.45) is 0 Å². The van der Waals surface area contributed by atoms with Gasteiger partial charge in [0.25, 0.3) is 5.91 Å². The molecule has 1 aliphatic heterocycles. The van der Waals surface area contributed by atoms with E-state index in [4.69, 9.17) is 0 Å². The Labute approximate surface area is 202 Å². The van der Waals surface area contributed by atoms with Crippen LogP contribution < -0.4 is 16.0 Å². The number of benzene rings is 1. The predicted molar refractivity (Wildman–Crippen MR) is 135 cm³/mol. The van der Waals surface area contributed by atoms with E-state index in [-0.39, 0.29) is 17.9 Å². The molecule has 1 aliphatic rings. The lowest BCUT2D eigenvalue weighted by Gasteiger charge is -2.32. The summed E-state index contributed by atoms with van der Waals surface area (Å²) in [4.78, 5) is 40.0. The van der Waals surface area contributed by atoms with Crippen molar-refractivity contribution in [2.75, 3.05) is 29.0 Å². The van der Waals surface area contributed by atoms with E-state index in [0.717, 1.165) is 36.2 Å². The van der Waals surface area contributed by atoms with Crippen LogP contribution in [0.4, 0.5) is 22.6 Å². The highest BCUT2D eigenvalue weighted by Gasteiger charge is 2.22. The number of para-hydroxylation sites is 1. The van der Waals surface area contributed by atoms with Crippen LogP contribution in [0.1, 0.15) is 33.6 Å². The second kappa shape index (κ2) is 10.4. The van der Waals surface area contributed by atoms with E-state index in [1.807, 2.05) is 32.0 Å². The number of thiazole rings is 1. The second-order valence-electron chi connectivity index (χ2n) is 8.11. The Hall–Kier alpha value is -3.79. The number of rotatable bonds is 7. The van der Waals surface area contributed by atoms with Gasteiger partial charge in [0.1, 0.15) is 10.7 Å². The monoisotopic (exact) mass is 477 g/mol. The normalized spacial score (nSPS) is 15.5. The maximum Gasteiger partial charge on any atom is 0.267 e. The molecular formula is C24H27N7O2S. The molecule has 1 aromatic carbocycles. The van der Waals surface area contributed by atoms with E-state index in [1.54, 1.807) is 23.4 Å². The van der Waals surface area contributed by atoms with Crippen molar-refractivity contribution < 1.29 is 9.59 Å². The van der Waals surface area contributed by atoms with Crippen LogP contribution in [0.5, 0.6) is 0 Å². The fraction of sp³-hybridized carbons (Fsp3) is 0.292. The van der Waals surface area contributed by atoms with Crippen LogP contribution in [-0.2, 0) is 4.79 Å². The molecule has 2 aromatic heterocycles. The summed E-state index contributed by atoms with van der Waals surface area (Å²) < 4.78 is 0. The zero-order valence-electron chi connectivity index (χ0n) is 19.2. The summed E-state index contributed by atoms with van der Waals surface area (Å²) in [5.74, 6) is 0.754. The zero-order chi connectivity index (χ0) is 24.1. The minimum Gasteiger partial charge on any atom is -0.350 e. The summed E-state index contributed by atoms with van der Waals surface area (Å²) in [5, 5.41) is 9.97. The maximum atomic E-state index is 12.7. The fourth-order valence-corrected chi connectivity index (χ4v) is 4.56. The average molecular weight is 478 g/mol. The van der Waals surface area contributed by atoms with Gasteiger partial charge in [0.2, 0.25) is 11.9 Å². The molecule has 3 N–H and O–H groups in total. The van der Waals surface area contributed by atoms with Gasteiger partial charge < -0.3 is 20.9 Å². The third-order valence-corrected chi connectivity index (χ3v) is 6.49. The van der Waals surface area contributed by atoms with E-state index in [1.165, 1.54) is 17.4 Å². The number of likely N-dealkylation sites (tertiary alicyclic amines) is 1. The number of carbonyl (C=O) groups excluding carboxylic acids is 2. The predicted octanol–water partition coefficient (Wildman–Crippen LogP) is 4.13. The number of aromatic nitrogens is 3. The van der Waals surface area contributed by atoms with Crippen molar-refractivity contribution in [2.45, 2.75) is 32.7 Å². The Bertz CT molecular complexity index is 1190. The van der Waals surface area contributed by atoms with Crippen LogP contribution >= 0.6 is 11.3 Å². The van der Waals surface area contributed by atoms with Crippen molar-refractivity contribution in [1.82, 2.24) is 19.9 Å². The first-order valence-electron chi connectivity index (χ1n) is 11.0. The molecule has 3 heterocycles. The van der Waals surface area contributed by atoms with Crippen molar-refractivity contribution in [3.63, 3.8) is 0 Å². The van der Waals surface area contributed by atoms with Gasteiger partial charge in [-0.3, -0.25) is 9.59 Å². The smallest absolute Gasteiger partial charge is 0.267 e. The van der Waals surface area contributed by atoms with Crippen LogP contribution in [0.2, 0.25) is 0 Å². The van der Waals surface area contributed by atoms with E-state index in [2.05, 4.69) is 37.5 Å². The summed E-state index contributed by atoms with van der Waals surface area (Å²) in [5.41, 5.74) is 2.83. The lowest BCUT2D eigenvalue weighted by molar-refractivity contribution is -0.127. The number of hydrogen-bond donors (Lipinski definition) is 3. The third-order valence-electron chi connectivity index (χ3n) is 5.58. The molecule has 0 spiro atoms. The topological polar surface area (TPSA) is 112 Å². The number of hydrogen-bond acceptors (Lipinski definition) is 8. The Morgan fingerprint density at radius 1 is 1.21 bits per heavy atom. The van der Waals surface area contributed by atoms with Gasteiger partial charge in [0.15, 0.2) is 5.13 Å².